The molecule has 0 N–H and O–H groups in total. The van der Waals surface area contributed by atoms with Crippen LogP contribution in [0.25, 0.3) is 6.08 Å². The number of fused-ring (bicyclic) bond motifs is 1. The van der Waals surface area contributed by atoms with E-state index in [-0.39, 0.29) is 18.8 Å². The number of hydrogen-bond acceptors (Lipinski definition) is 9. The van der Waals surface area contributed by atoms with Gasteiger partial charge in [0, 0.05) is 5.56 Å². The van der Waals surface area contributed by atoms with E-state index in [9.17, 15) is 14.4 Å². The molecular formula is C28H28N2O7S. The minimum atomic E-state index is -0.693. The smallest absolute Gasteiger partial charge is 0.344 e. The van der Waals surface area contributed by atoms with Gasteiger partial charge in [-0.3, -0.25) is 9.36 Å². The quantitative estimate of drug-likeness (QED) is 0.387. The number of methoxy groups -OCH3 is 2. The van der Waals surface area contributed by atoms with Crippen LogP contribution < -0.4 is 24.4 Å². The fourth-order valence-electron chi connectivity index (χ4n) is 4.25. The van der Waals surface area contributed by atoms with Crippen molar-refractivity contribution in [2.75, 3.05) is 27.4 Å². The van der Waals surface area contributed by atoms with Crippen LogP contribution in [0.5, 0.6) is 11.5 Å². The first-order chi connectivity index (χ1) is 18.4. The lowest BCUT2D eigenvalue weighted by atomic mass is 9.95. The summed E-state index contributed by atoms with van der Waals surface area (Å²) in [5.74, 6) is -0.345. The molecule has 0 amide bonds. The standard InChI is InChI=1S/C28H28N2O7S/c1-5-19-23(27(33)35-4)24(17-11-8-7-9-12-17)30-26(32)21(38-28(30)29-19)15-18-13-10-14-20(34-3)25(18)37-16-22(31)36-6-2/h7-15,24H,5-6,16H2,1-4H3/b21-15+/t24-/m1/s1. The third-order valence-electron chi connectivity index (χ3n) is 5.92. The van der Waals surface area contributed by atoms with Crippen molar-refractivity contribution in [3.05, 3.63) is 90.6 Å². The Kier molecular flexibility index (Phi) is 8.42. The maximum absolute atomic E-state index is 13.8. The van der Waals surface area contributed by atoms with Gasteiger partial charge in [-0.1, -0.05) is 60.7 Å². The predicted molar refractivity (Wildman–Crippen MR) is 142 cm³/mol. The zero-order valence-electron chi connectivity index (χ0n) is 21.6. The minimum Gasteiger partial charge on any atom is -0.493 e. The summed E-state index contributed by atoms with van der Waals surface area (Å²) in [6.45, 7) is 3.54. The van der Waals surface area contributed by atoms with Gasteiger partial charge in [0.1, 0.15) is 0 Å². The fraction of sp³-hybridized carbons (Fsp3) is 0.286. The second-order valence-corrected chi connectivity index (χ2v) is 9.18. The maximum Gasteiger partial charge on any atom is 0.344 e. The second kappa shape index (κ2) is 11.9. The molecule has 3 aromatic rings. The van der Waals surface area contributed by atoms with Crippen molar-refractivity contribution in [2.24, 2.45) is 4.99 Å². The van der Waals surface area contributed by atoms with Gasteiger partial charge in [-0.15, -0.1) is 0 Å². The zero-order valence-corrected chi connectivity index (χ0v) is 22.4. The molecule has 0 saturated carbocycles. The minimum absolute atomic E-state index is 0.234. The average molecular weight is 537 g/mol. The third-order valence-corrected chi connectivity index (χ3v) is 6.90. The van der Waals surface area contributed by atoms with Crippen LogP contribution in [-0.2, 0) is 19.1 Å². The summed E-state index contributed by atoms with van der Waals surface area (Å²) in [5.41, 5.74) is 1.89. The number of benzene rings is 2. The highest BCUT2D eigenvalue weighted by Gasteiger charge is 2.33. The Morgan fingerprint density at radius 2 is 1.84 bits per heavy atom. The van der Waals surface area contributed by atoms with E-state index in [1.165, 1.54) is 30.1 Å². The average Bonchev–Trinajstić information content (AvgIpc) is 3.25. The first-order valence-corrected chi connectivity index (χ1v) is 12.9. The van der Waals surface area contributed by atoms with E-state index in [0.29, 0.717) is 44.1 Å². The molecule has 0 unspecified atom stereocenters. The first kappa shape index (κ1) is 26.9. The fourth-order valence-corrected chi connectivity index (χ4v) is 5.26. The predicted octanol–water partition coefficient (Wildman–Crippen LogP) is 2.75. The summed E-state index contributed by atoms with van der Waals surface area (Å²) in [6.07, 6.45) is 2.16. The van der Waals surface area contributed by atoms with E-state index in [1.807, 2.05) is 37.3 Å². The molecule has 38 heavy (non-hydrogen) atoms. The molecular weight excluding hydrogens is 508 g/mol. The number of para-hydroxylation sites is 1. The molecule has 0 spiro atoms. The normalized spacial score (nSPS) is 14.9. The highest BCUT2D eigenvalue weighted by molar-refractivity contribution is 7.07. The van der Waals surface area contributed by atoms with Crippen molar-refractivity contribution in [1.29, 1.82) is 0 Å². The van der Waals surface area contributed by atoms with Gasteiger partial charge in [-0.05, 0) is 31.1 Å². The van der Waals surface area contributed by atoms with Crippen molar-refractivity contribution in [2.45, 2.75) is 26.3 Å². The van der Waals surface area contributed by atoms with Crippen LogP contribution in [0.15, 0.2) is 69.6 Å². The monoisotopic (exact) mass is 536 g/mol. The Balaban J connectivity index is 1.90. The Bertz CT molecular complexity index is 1550. The molecule has 0 aliphatic carbocycles. The van der Waals surface area contributed by atoms with Gasteiger partial charge in [0.25, 0.3) is 5.56 Å². The van der Waals surface area contributed by atoms with Crippen molar-refractivity contribution < 1.29 is 28.5 Å². The summed E-state index contributed by atoms with van der Waals surface area (Å²) in [6, 6.07) is 13.8. The second-order valence-electron chi connectivity index (χ2n) is 8.17. The summed E-state index contributed by atoms with van der Waals surface area (Å²) in [5, 5.41) is 0. The summed E-state index contributed by atoms with van der Waals surface area (Å²) < 4.78 is 23.1. The lowest BCUT2D eigenvalue weighted by Gasteiger charge is -2.25. The van der Waals surface area contributed by atoms with Crippen LogP contribution in [0.4, 0.5) is 0 Å². The largest absolute Gasteiger partial charge is 0.493 e. The van der Waals surface area contributed by atoms with E-state index >= 15 is 0 Å². The summed E-state index contributed by atoms with van der Waals surface area (Å²) >= 11 is 1.20. The third kappa shape index (κ3) is 5.26. The summed E-state index contributed by atoms with van der Waals surface area (Å²) in [4.78, 5) is 43.8. The molecule has 1 aliphatic rings. The number of nitrogens with zero attached hydrogens (tertiary/aromatic N) is 2. The Hall–Kier alpha value is -4.18. The van der Waals surface area contributed by atoms with E-state index in [1.54, 1.807) is 31.2 Å². The van der Waals surface area contributed by atoms with Crippen molar-refractivity contribution in [3.63, 3.8) is 0 Å². The molecule has 0 radical (unpaired) electrons. The van der Waals surface area contributed by atoms with Gasteiger partial charge >= 0.3 is 11.9 Å². The highest BCUT2D eigenvalue weighted by Crippen LogP contribution is 2.33. The number of thiazole rings is 1. The zero-order chi connectivity index (χ0) is 27.2. The number of esters is 2. The van der Waals surface area contributed by atoms with Gasteiger partial charge in [-0.25, -0.2) is 14.6 Å². The van der Waals surface area contributed by atoms with Crippen LogP contribution in [-0.4, -0.2) is 43.9 Å². The number of hydrogen-bond donors (Lipinski definition) is 0. The Morgan fingerprint density at radius 1 is 1.08 bits per heavy atom. The molecule has 10 heteroatoms. The van der Waals surface area contributed by atoms with E-state index < -0.39 is 18.0 Å². The molecule has 0 bridgehead atoms. The molecule has 4 rings (SSSR count). The SMILES string of the molecule is CCOC(=O)COc1c(/C=c2/sc3n(c2=O)[C@H](c2ccccc2)C(C(=O)OC)=C(CC)N=3)cccc1OC. The number of carbonyl (C=O) groups excluding carboxylic acids is 2. The Morgan fingerprint density at radius 3 is 2.50 bits per heavy atom. The molecule has 0 fully saturated rings. The van der Waals surface area contributed by atoms with Crippen LogP contribution in [0.2, 0.25) is 0 Å². The number of aromatic nitrogens is 1. The van der Waals surface area contributed by atoms with E-state index in [2.05, 4.69) is 4.99 Å². The molecule has 9 nitrogen and oxygen atoms in total. The number of carbonyl (C=O) groups is 2. The van der Waals surface area contributed by atoms with Crippen molar-refractivity contribution in [3.8, 4) is 11.5 Å². The lowest BCUT2D eigenvalue weighted by Crippen LogP contribution is -2.40. The van der Waals surface area contributed by atoms with Gasteiger partial charge in [0.05, 0.1) is 42.7 Å². The van der Waals surface area contributed by atoms with Gasteiger partial charge in [0.2, 0.25) is 0 Å². The van der Waals surface area contributed by atoms with E-state index in [4.69, 9.17) is 18.9 Å². The first-order valence-electron chi connectivity index (χ1n) is 12.1. The van der Waals surface area contributed by atoms with Crippen LogP contribution in [0.1, 0.15) is 37.4 Å². The Labute approximate surface area is 223 Å². The molecule has 1 aliphatic heterocycles. The van der Waals surface area contributed by atoms with Gasteiger partial charge in [-0.2, -0.15) is 0 Å². The number of allylic oxidation sites excluding steroid dienone is 1. The summed E-state index contributed by atoms with van der Waals surface area (Å²) in [7, 11) is 2.81. The molecule has 0 saturated heterocycles. The van der Waals surface area contributed by atoms with Crippen LogP contribution in [0.3, 0.4) is 0 Å². The van der Waals surface area contributed by atoms with Crippen molar-refractivity contribution >= 4 is 29.4 Å². The highest BCUT2D eigenvalue weighted by atomic mass is 32.1. The van der Waals surface area contributed by atoms with Crippen molar-refractivity contribution in [1.82, 2.24) is 4.57 Å². The van der Waals surface area contributed by atoms with E-state index in [0.717, 1.165) is 5.56 Å². The molecule has 1 atom stereocenters. The molecule has 2 aromatic carbocycles. The topological polar surface area (TPSA) is 105 Å². The number of rotatable bonds is 9. The van der Waals surface area contributed by atoms with Crippen LogP contribution >= 0.6 is 11.3 Å². The van der Waals surface area contributed by atoms with Gasteiger partial charge in [0.15, 0.2) is 22.9 Å². The molecule has 198 valence electrons. The molecule has 2 heterocycles. The van der Waals surface area contributed by atoms with Crippen LogP contribution in [0, 0.1) is 0 Å². The lowest BCUT2D eigenvalue weighted by molar-refractivity contribution is -0.145. The maximum atomic E-state index is 13.8. The number of ether oxygens (including phenoxy) is 4. The molecule has 1 aromatic heterocycles. The van der Waals surface area contributed by atoms with Gasteiger partial charge < -0.3 is 18.9 Å².